The van der Waals surface area contributed by atoms with Crippen LogP contribution in [0.25, 0.3) is 11.5 Å². The van der Waals surface area contributed by atoms with E-state index in [2.05, 4.69) is 20.8 Å². The van der Waals surface area contributed by atoms with Gasteiger partial charge in [-0.15, -0.1) is 10.2 Å². The minimum Gasteiger partial charge on any atom is -0.497 e. The van der Waals surface area contributed by atoms with E-state index in [0.29, 0.717) is 28.1 Å². The summed E-state index contributed by atoms with van der Waals surface area (Å²) in [6, 6.07) is 20.3. The molecule has 0 aliphatic rings. The number of hydrogen-bond donors (Lipinski definition) is 2. The van der Waals surface area contributed by atoms with Crippen molar-refractivity contribution >= 4 is 23.3 Å². The van der Waals surface area contributed by atoms with E-state index in [1.807, 2.05) is 30.3 Å². The van der Waals surface area contributed by atoms with Gasteiger partial charge in [-0.05, 0) is 29.8 Å². The first-order valence-electron chi connectivity index (χ1n) is 10.0. The molecular formula is C24H21ClN4O4. The molecule has 0 fully saturated rings. The molecule has 4 rings (SSSR count). The number of nitrogens with zero attached hydrogens (tertiary/aromatic N) is 2. The Morgan fingerprint density at radius 1 is 0.939 bits per heavy atom. The fourth-order valence-corrected chi connectivity index (χ4v) is 3.30. The molecule has 0 unspecified atom stereocenters. The van der Waals surface area contributed by atoms with Gasteiger partial charge in [0.2, 0.25) is 11.8 Å². The van der Waals surface area contributed by atoms with Crippen LogP contribution < -0.4 is 20.1 Å². The Hall–Kier alpha value is -4.04. The van der Waals surface area contributed by atoms with Crippen LogP contribution in [0, 0.1) is 0 Å². The third kappa shape index (κ3) is 5.42. The lowest BCUT2D eigenvalue weighted by molar-refractivity contribution is 0.248. The zero-order chi connectivity index (χ0) is 23.2. The predicted molar refractivity (Wildman–Crippen MR) is 125 cm³/mol. The average Bonchev–Trinajstić information content (AvgIpc) is 3.33. The molecule has 8 nitrogen and oxygen atoms in total. The molecule has 2 N–H and O–H groups in total. The fraction of sp³-hybridized carbons (Fsp3) is 0.125. The molecule has 0 aliphatic heterocycles. The number of benzene rings is 3. The van der Waals surface area contributed by atoms with Crippen molar-refractivity contribution in [3.8, 4) is 23.0 Å². The smallest absolute Gasteiger partial charge is 0.320 e. The standard InChI is InChI=1S/C24H21ClN4O4/c1-31-19-12-18(13-20(14-19)32-2)26-24(30)27-21(15-6-4-3-5-7-15)23-29-28-22(33-23)16-8-10-17(25)11-9-16/h3-14,21H,1-2H3,(H2,26,27,30)/t21-/m1/s1. The Bertz CT molecular complexity index is 1210. The van der Waals surface area contributed by atoms with Crippen molar-refractivity contribution in [1.29, 1.82) is 0 Å². The summed E-state index contributed by atoms with van der Waals surface area (Å²) in [4.78, 5) is 12.9. The maximum Gasteiger partial charge on any atom is 0.320 e. The number of halogens is 1. The second-order valence-electron chi connectivity index (χ2n) is 7.00. The second-order valence-corrected chi connectivity index (χ2v) is 7.43. The molecule has 0 saturated heterocycles. The molecule has 0 aliphatic carbocycles. The number of anilines is 1. The first-order chi connectivity index (χ1) is 16.1. The summed E-state index contributed by atoms with van der Waals surface area (Å²) in [6.45, 7) is 0. The second kappa shape index (κ2) is 10.1. The number of carbonyl (C=O) groups excluding carboxylic acids is 1. The van der Waals surface area contributed by atoms with Crippen LogP contribution in [-0.4, -0.2) is 30.4 Å². The van der Waals surface area contributed by atoms with E-state index in [-0.39, 0.29) is 5.89 Å². The number of nitrogens with one attached hydrogen (secondary N) is 2. The van der Waals surface area contributed by atoms with Crippen LogP contribution in [-0.2, 0) is 0 Å². The molecule has 1 heterocycles. The highest BCUT2D eigenvalue weighted by atomic mass is 35.5. The van der Waals surface area contributed by atoms with Crippen LogP contribution >= 0.6 is 11.6 Å². The summed E-state index contributed by atoms with van der Waals surface area (Å²) in [5.41, 5.74) is 2.00. The van der Waals surface area contributed by atoms with Crippen LogP contribution in [0.3, 0.4) is 0 Å². The van der Waals surface area contributed by atoms with Crippen molar-refractivity contribution in [2.24, 2.45) is 0 Å². The van der Waals surface area contributed by atoms with Gasteiger partial charge in [-0.1, -0.05) is 41.9 Å². The quantitative estimate of drug-likeness (QED) is 0.384. The highest BCUT2D eigenvalue weighted by Crippen LogP contribution is 2.28. The molecule has 168 valence electrons. The normalized spacial score (nSPS) is 11.5. The first-order valence-corrected chi connectivity index (χ1v) is 10.4. The van der Waals surface area contributed by atoms with Crippen LogP contribution in [0.15, 0.2) is 77.2 Å². The van der Waals surface area contributed by atoms with E-state index >= 15 is 0 Å². The Balaban J connectivity index is 1.59. The third-order valence-electron chi connectivity index (χ3n) is 4.80. The lowest BCUT2D eigenvalue weighted by Crippen LogP contribution is -2.33. The Labute approximate surface area is 195 Å². The van der Waals surface area contributed by atoms with E-state index < -0.39 is 12.1 Å². The van der Waals surface area contributed by atoms with Gasteiger partial charge in [0.25, 0.3) is 0 Å². The minimum atomic E-state index is -0.674. The van der Waals surface area contributed by atoms with Gasteiger partial charge in [-0.25, -0.2) is 4.79 Å². The van der Waals surface area contributed by atoms with E-state index in [4.69, 9.17) is 25.5 Å². The summed E-state index contributed by atoms with van der Waals surface area (Å²) < 4.78 is 16.4. The van der Waals surface area contributed by atoms with Gasteiger partial charge in [0, 0.05) is 34.5 Å². The number of carbonyl (C=O) groups is 1. The van der Waals surface area contributed by atoms with Crippen molar-refractivity contribution in [1.82, 2.24) is 15.5 Å². The van der Waals surface area contributed by atoms with E-state index in [0.717, 1.165) is 11.1 Å². The highest BCUT2D eigenvalue weighted by Gasteiger charge is 2.23. The predicted octanol–water partition coefficient (Wildman–Crippen LogP) is 5.32. The Morgan fingerprint density at radius 3 is 2.24 bits per heavy atom. The van der Waals surface area contributed by atoms with Crippen molar-refractivity contribution in [2.45, 2.75) is 6.04 Å². The average molecular weight is 465 g/mol. The van der Waals surface area contributed by atoms with E-state index in [9.17, 15) is 4.79 Å². The maximum atomic E-state index is 12.9. The van der Waals surface area contributed by atoms with Gasteiger partial charge in [0.05, 0.1) is 14.2 Å². The SMILES string of the molecule is COc1cc(NC(=O)N[C@H](c2ccccc2)c2nnc(-c3ccc(Cl)cc3)o2)cc(OC)c1. The van der Waals surface area contributed by atoms with E-state index in [1.54, 1.807) is 42.5 Å². The molecule has 0 radical (unpaired) electrons. The summed E-state index contributed by atoms with van der Waals surface area (Å²) >= 11 is 5.96. The summed E-state index contributed by atoms with van der Waals surface area (Å²) in [5, 5.41) is 14.6. The van der Waals surface area contributed by atoms with Crippen molar-refractivity contribution in [3.05, 3.63) is 89.3 Å². The van der Waals surface area contributed by atoms with Crippen molar-refractivity contribution < 1.29 is 18.7 Å². The first kappa shape index (κ1) is 22.2. The topological polar surface area (TPSA) is 98.5 Å². The number of urea groups is 1. The molecule has 2 amide bonds. The zero-order valence-electron chi connectivity index (χ0n) is 17.9. The van der Waals surface area contributed by atoms with Crippen LogP contribution in [0.4, 0.5) is 10.5 Å². The molecule has 1 atom stereocenters. The van der Waals surface area contributed by atoms with Crippen LogP contribution in [0.5, 0.6) is 11.5 Å². The van der Waals surface area contributed by atoms with Gasteiger partial charge in [-0.2, -0.15) is 0 Å². The number of ether oxygens (including phenoxy) is 2. The lowest BCUT2D eigenvalue weighted by Gasteiger charge is -2.17. The van der Waals surface area contributed by atoms with Crippen molar-refractivity contribution in [2.75, 3.05) is 19.5 Å². The molecule has 1 aromatic heterocycles. The van der Waals surface area contributed by atoms with Gasteiger partial charge < -0.3 is 24.5 Å². The molecule has 0 spiro atoms. The minimum absolute atomic E-state index is 0.240. The molecule has 0 bridgehead atoms. The largest absolute Gasteiger partial charge is 0.497 e. The molecule has 9 heteroatoms. The number of aromatic nitrogens is 2. The van der Waals surface area contributed by atoms with E-state index in [1.165, 1.54) is 14.2 Å². The van der Waals surface area contributed by atoms with Gasteiger partial charge in [-0.3, -0.25) is 0 Å². The number of rotatable bonds is 7. The summed E-state index contributed by atoms with van der Waals surface area (Å²) in [5.74, 6) is 1.66. The highest BCUT2D eigenvalue weighted by molar-refractivity contribution is 6.30. The maximum absolute atomic E-state index is 12.9. The molecule has 4 aromatic rings. The Kier molecular flexibility index (Phi) is 6.75. The van der Waals surface area contributed by atoms with Gasteiger partial charge in [0.1, 0.15) is 17.5 Å². The number of amides is 2. The summed E-state index contributed by atoms with van der Waals surface area (Å²) in [6.07, 6.45) is 0. The molecule has 3 aromatic carbocycles. The summed E-state index contributed by atoms with van der Waals surface area (Å²) in [7, 11) is 3.08. The number of methoxy groups -OCH3 is 2. The molecule has 0 saturated carbocycles. The third-order valence-corrected chi connectivity index (χ3v) is 5.05. The van der Waals surface area contributed by atoms with Crippen LogP contribution in [0.2, 0.25) is 5.02 Å². The molecule has 33 heavy (non-hydrogen) atoms. The number of hydrogen-bond acceptors (Lipinski definition) is 6. The molecular weight excluding hydrogens is 444 g/mol. The van der Waals surface area contributed by atoms with Crippen LogP contribution in [0.1, 0.15) is 17.5 Å². The zero-order valence-corrected chi connectivity index (χ0v) is 18.7. The fourth-order valence-electron chi connectivity index (χ4n) is 3.17. The monoisotopic (exact) mass is 464 g/mol. The van der Waals surface area contributed by atoms with Crippen molar-refractivity contribution in [3.63, 3.8) is 0 Å². The lowest BCUT2D eigenvalue weighted by atomic mass is 10.1. The van der Waals surface area contributed by atoms with Gasteiger partial charge >= 0.3 is 6.03 Å². The van der Waals surface area contributed by atoms with Gasteiger partial charge in [0.15, 0.2) is 0 Å². The Morgan fingerprint density at radius 2 is 1.61 bits per heavy atom.